The molecule has 4 aromatic rings. The lowest BCUT2D eigenvalue weighted by Gasteiger charge is -1.94. The van der Waals surface area contributed by atoms with Crippen molar-refractivity contribution in [2.24, 2.45) is 0 Å². The SMILES string of the molecule is Clc1ccc(-c2csc(Nc3nc4cc5c(cc4s3)OCO5)n2)s1. The maximum atomic E-state index is 5.98. The Bertz CT molecular complexity index is 1010. The van der Waals surface area contributed by atoms with Crippen LogP contribution in [0.3, 0.4) is 0 Å². The maximum Gasteiger partial charge on any atom is 0.231 e. The molecule has 0 fully saturated rings. The van der Waals surface area contributed by atoms with Crippen LogP contribution in [0.2, 0.25) is 4.34 Å². The number of benzene rings is 1. The average Bonchev–Trinajstić information content (AvgIpc) is 3.30. The van der Waals surface area contributed by atoms with Crippen molar-refractivity contribution < 1.29 is 9.47 Å². The quantitative estimate of drug-likeness (QED) is 0.490. The molecule has 1 aliphatic rings. The second-order valence-corrected chi connectivity index (χ2v) is 8.56. The Balaban J connectivity index is 1.43. The predicted molar refractivity (Wildman–Crippen MR) is 99.5 cm³/mol. The van der Waals surface area contributed by atoms with Gasteiger partial charge in [0, 0.05) is 17.5 Å². The van der Waals surface area contributed by atoms with Gasteiger partial charge in [0.1, 0.15) is 0 Å². The Labute approximate surface area is 153 Å². The molecule has 0 saturated heterocycles. The van der Waals surface area contributed by atoms with Crippen LogP contribution < -0.4 is 14.8 Å². The van der Waals surface area contributed by atoms with E-state index in [1.807, 2.05) is 29.6 Å². The number of fused-ring (bicyclic) bond motifs is 2. The second kappa shape index (κ2) is 5.59. The highest BCUT2D eigenvalue weighted by Crippen LogP contribution is 2.40. The minimum Gasteiger partial charge on any atom is -0.454 e. The van der Waals surface area contributed by atoms with Gasteiger partial charge in [-0.1, -0.05) is 22.9 Å². The summed E-state index contributed by atoms with van der Waals surface area (Å²) in [6, 6.07) is 7.72. The fraction of sp³-hybridized carbons (Fsp3) is 0.0667. The van der Waals surface area contributed by atoms with Crippen LogP contribution >= 0.6 is 45.6 Å². The summed E-state index contributed by atoms with van der Waals surface area (Å²) in [7, 11) is 0. The van der Waals surface area contributed by atoms with Crippen molar-refractivity contribution in [1.82, 2.24) is 9.97 Å². The molecule has 0 amide bonds. The fourth-order valence-corrected chi connectivity index (χ4v) is 5.09. The van der Waals surface area contributed by atoms with Crippen LogP contribution in [-0.4, -0.2) is 16.8 Å². The molecule has 1 aliphatic heterocycles. The number of hydrogen-bond acceptors (Lipinski definition) is 8. The summed E-state index contributed by atoms with van der Waals surface area (Å²) in [5.74, 6) is 1.51. The van der Waals surface area contributed by atoms with Gasteiger partial charge in [0.2, 0.25) is 6.79 Å². The van der Waals surface area contributed by atoms with Gasteiger partial charge in [0.25, 0.3) is 0 Å². The summed E-state index contributed by atoms with van der Waals surface area (Å²) < 4.78 is 12.6. The van der Waals surface area contributed by atoms with Crippen molar-refractivity contribution in [1.29, 1.82) is 0 Å². The molecule has 4 heterocycles. The third kappa shape index (κ3) is 2.51. The molecule has 9 heteroatoms. The highest BCUT2D eigenvalue weighted by Gasteiger charge is 2.17. The van der Waals surface area contributed by atoms with Gasteiger partial charge < -0.3 is 14.8 Å². The third-order valence-corrected chi connectivity index (χ3v) is 6.37. The zero-order valence-corrected chi connectivity index (χ0v) is 15.1. The number of nitrogens with one attached hydrogen (secondary N) is 1. The fourth-order valence-electron chi connectivity index (χ4n) is 2.36. The van der Waals surface area contributed by atoms with Crippen LogP contribution in [0.4, 0.5) is 10.3 Å². The van der Waals surface area contributed by atoms with Crippen molar-refractivity contribution in [2.75, 3.05) is 12.1 Å². The Hall–Kier alpha value is -1.87. The Morgan fingerprint density at radius 1 is 1.04 bits per heavy atom. The van der Waals surface area contributed by atoms with Gasteiger partial charge in [-0.3, -0.25) is 0 Å². The van der Waals surface area contributed by atoms with E-state index in [1.54, 1.807) is 11.3 Å². The largest absolute Gasteiger partial charge is 0.454 e. The van der Waals surface area contributed by atoms with Gasteiger partial charge >= 0.3 is 0 Å². The molecular formula is C15H8ClN3O2S3. The Morgan fingerprint density at radius 3 is 2.75 bits per heavy atom. The highest BCUT2D eigenvalue weighted by atomic mass is 35.5. The molecule has 0 atom stereocenters. The normalized spacial score (nSPS) is 12.9. The number of hydrogen-bond donors (Lipinski definition) is 1. The molecule has 0 spiro atoms. The van der Waals surface area contributed by atoms with E-state index >= 15 is 0 Å². The van der Waals surface area contributed by atoms with E-state index in [0.717, 1.165) is 46.9 Å². The van der Waals surface area contributed by atoms with E-state index in [9.17, 15) is 0 Å². The average molecular weight is 394 g/mol. The molecular weight excluding hydrogens is 386 g/mol. The summed E-state index contributed by atoms with van der Waals surface area (Å²) in [5, 5.41) is 6.87. The van der Waals surface area contributed by atoms with Crippen LogP contribution in [0.5, 0.6) is 11.5 Å². The summed E-state index contributed by atoms with van der Waals surface area (Å²) in [6.07, 6.45) is 0. The summed E-state index contributed by atoms with van der Waals surface area (Å²) in [6.45, 7) is 0.270. The van der Waals surface area contributed by atoms with Crippen LogP contribution in [0.15, 0.2) is 29.6 Å². The van der Waals surface area contributed by atoms with Crippen molar-refractivity contribution in [3.05, 3.63) is 34.0 Å². The summed E-state index contributed by atoms with van der Waals surface area (Å²) in [5.41, 5.74) is 1.80. The molecule has 0 aliphatic carbocycles. The number of thiazole rings is 2. The first kappa shape index (κ1) is 14.5. The van der Waals surface area contributed by atoms with Crippen molar-refractivity contribution in [3.63, 3.8) is 0 Å². The lowest BCUT2D eigenvalue weighted by atomic mass is 10.3. The van der Waals surface area contributed by atoms with Gasteiger partial charge in [-0.2, -0.15) is 0 Å². The maximum absolute atomic E-state index is 5.98. The number of ether oxygens (including phenoxy) is 2. The van der Waals surface area contributed by atoms with Crippen LogP contribution in [0.25, 0.3) is 20.8 Å². The minimum atomic E-state index is 0.270. The highest BCUT2D eigenvalue weighted by molar-refractivity contribution is 7.23. The second-order valence-electron chi connectivity index (χ2n) is 4.96. The van der Waals surface area contributed by atoms with Crippen LogP contribution in [0, 0.1) is 0 Å². The molecule has 0 saturated carbocycles. The van der Waals surface area contributed by atoms with E-state index in [0.29, 0.717) is 0 Å². The molecule has 1 N–H and O–H groups in total. The Kier molecular flexibility index (Phi) is 3.37. The summed E-state index contributed by atoms with van der Waals surface area (Å²) >= 11 is 10.6. The molecule has 1 aromatic carbocycles. The number of nitrogens with zero attached hydrogens (tertiary/aromatic N) is 2. The lowest BCUT2D eigenvalue weighted by molar-refractivity contribution is 0.174. The van der Waals surface area contributed by atoms with E-state index in [-0.39, 0.29) is 6.79 Å². The number of aromatic nitrogens is 2. The zero-order valence-electron chi connectivity index (χ0n) is 11.9. The number of thiophene rings is 1. The molecule has 3 aromatic heterocycles. The lowest BCUT2D eigenvalue weighted by Crippen LogP contribution is -1.92. The Morgan fingerprint density at radius 2 is 1.92 bits per heavy atom. The van der Waals surface area contributed by atoms with E-state index in [2.05, 4.69) is 15.3 Å². The number of anilines is 2. The predicted octanol–water partition coefficient (Wildman–Crippen LogP) is 5.61. The van der Waals surface area contributed by atoms with Crippen molar-refractivity contribution >= 4 is 66.1 Å². The van der Waals surface area contributed by atoms with E-state index < -0.39 is 0 Å². The first-order valence-corrected chi connectivity index (χ1v) is 9.82. The van der Waals surface area contributed by atoms with Crippen molar-refractivity contribution in [3.8, 4) is 22.1 Å². The van der Waals surface area contributed by atoms with Gasteiger partial charge in [0.05, 0.1) is 25.1 Å². The van der Waals surface area contributed by atoms with Gasteiger partial charge in [-0.05, 0) is 12.1 Å². The topological polar surface area (TPSA) is 56.3 Å². The van der Waals surface area contributed by atoms with Crippen molar-refractivity contribution in [2.45, 2.75) is 0 Å². The zero-order chi connectivity index (χ0) is 16.1. The monoisotopic (exact) mass is 393 g/mol. The first-order valence-electron chi connectivity index (χ1n) is 6.93. The van der Waals surface area contributed by atoms with Crippen LogP contribution in [0.1, 0.15) is 0 Å². The molecule has 0 radical (unpaired) electrons. The first-order chi connectivity index (χ1) is 11.7. The van der Waals surface area contributed by atoms with E-state index in [4.69, 9.17) is 21.1 Å². The number of rotatable bonds is 3. The number of halogens is 1. The molecule has 24 heavy (non-hydrogen) atoms. The van der Waals surface area contributed by atoms with Gasteiger partial charge in [-0.25, -0.2) is 9.97 Å². The smallest absolute Gasteiger partial charge is 0.231 e. The molecule has 0 unspecified atom stereocenters. The third-order valence-electron chi connectivity index (χ3n) is 3.43. The van der Waals surface area contributed by atoms with Crippen LogP contribution in [-0.2, 0) is 0 Å². The standard InChI is InChI=1S/C15H8ClN3O2S3/c16-13-2-1-11(23-13)8-5-22-14(18-8)19-15-17-7-3-9-10(21-6-20-9)4-12(7)24-15/h1-5H,6H2,(H,17,18,19). The minimum absolute atomic E-state index is 0.270. The van der Waals surface area contributed by atoms with E-state index in [1.165, 1.54) is 22.7 Å². The summed E-state index contributed by atoms with van der Waals surface area (Å²) in [4.78, 5) is 10.2. The molecule has 120 valence electrons. The van der Waals surface area contributed by atoms with Gasteiger partial charge in [-0.15, -0.1) is 22.7 Å². The molecule has 0 bridgehead atoms. The molecule has 5 rings (SSSR count). The van der Waals surface area contributed by atoms with Gasteiger partial charge in [0.15, 0.2) is 21.8 Å². The molecule has 5 nitrogen and oxygen atoms in total.